The third kappa shape index (κ3) is 6.47. The van der Waals surface area contributed by atoms with Gasteiger partial charge in [-0.15, -0.1) is 0 Å². The number of benzene rings is 1. The van der Waals surface area contributed by atoms with Crippen LogP contribution < -0.4 is 16.0 Å². The summed E-state index contributed by atoms with van der Waals surface area (Å²) in [6.45, 7) is 5.07. The van der Waals surface area contributed by atoms with Gasteiger partial charge in [-0.1, -0.05) is 31.4 Å². The minimum atomic E-state index is 0.176. The average Bonchev–Trinajstić information content (AvgIpc) is 3.08. The van der Waals surface area contributed by atoms with Gasteiger partial charge >= 0.3 is 0 Å². The largest absolute Gasteiger partial charge is 0.356 e. The first-order valence-electron chi connectivity index (χ1n) is 11.3. The van der Waals surface area contributed by atoms with E-state index in [1.807, 2.05) is 6.07 Å². The minimum absolute atomic E-state index is 0.176. The highest BCUT2D eigenvalue weighted by molar-refractivity contribution is 5.80. The first kappa shape index (κ1) is 22.1. The van der Waals surface area contributed by atoms with Gasteiger partial charge in [0.15, 0.2) is 5.96 Å². The number of fused-ring (bicyclic) bond motifs is 1. The molecule has 30 heavy (non-hydrogen) atoms. The zero-order chi connectivity index (χ0) is 21.2. The molecule has 0 radical (unpaired) electrons. The lowest BCUT2D eigenvalue weighted by Gasteiger charge is -2.20. The highest BCUT2D eigenvalue weighted by Gasteiger charge is 2.16. The van der Waals surface area contributed by atoms with E-state index < -0.39 is 0 Å². The monoisotopic (exact) mass is 412 g/mol. The minimum Gasteiger partial charge on any atom is -0.356 e. The molecule has 3 rings (SSSR count). The number of hydrogen-bond donors (Lipinski definition) is 3. The van der Waals surface area contributed by atoms with E-state index in [1.54, 1.807) is 7.05 Å². The van der Waals surface area contributed by atoms with Gasteiger partial charge in [-0.3, -0.25) is 9.79 Å². The van der Waals surface area contributed by atoms with Crippen molar-refractivity contribution in [1.82, 2.24) is 25.5 Å². The van der Waals surface area contributed by atoms with Crippen LogP contribution in [0.5, 0.6) is 0 Å². The molecule has 1 heterocycles. The quantitative estimate of drug-likeness (QED) is 0.336. The maximum atomic E-state index is 12.1. The molecule has 0 saturated heterocycles. The number of nitrogens with one attached hydrogen (secondary N) is 3. The van der Waals surface area contributed by atoms with Crippen LogP contribution >= 0.6 is 0 Å². The van der Waals surface area contributed by atoms with Crippen molar-refractivity contribution in [2.45, 2.75) is 58.4 Å². The predicted octanol–water partition coefficient (Wildman–Crippen LogP) is 2.99. The maximum absolute atomic E-state index is 12.1. The fourth-order valence-electron chi connectivity index (χ4n) is 4.25. The molecule has 164 valence electrons. The van der Waals surface area contributed by atoms with Crippen molar-refractivity contribution in [3.8, 4) is 0 Å². The third-order valence-electron chi connectivity index (χ3n) is 5.86. The highest BCUT2D eigenvalue weighted by atomic mass is 16.1. The van der Waals surface area contributed by atoms with Gasteiger partial charge in [0.25, 0.3) is 0 Å². The molecule has 1 saturated carbocycles. The number of rotatable bonds is 9. The SMILES string of the molecule is CN=C(NCCCn1c(C)nc2ccccc21)NCCNC(=O)CC1CCCCC1. The molecular weight excluding hydrogens is 376 g/mol. The van der Waals surface area contributed by atoms with Crippen molar-refractivity contribution in [2.75, 3.05) is 26.7 Å². The van der Waals surface area contributed by atoms with Crippen LogP contribution in [0, 0.1) is 12.8 Å². The van der Waals surface area contributed by atoms with Crippen LogP contribution in [0.4, 0.5) is 0 Å². The van der Waals surface area contributed by atoms with Crippen LogP contribution in [-0.2, 0) is 11.3 Å². The Morgan fingerprint density at radius 3 is 2.63 bits per heavy atom. The molecular formula is C23H36N6O. The number of nitrogens with zero attached hydrogens (tertiary/aromatic N) is 3. The molecule has 0 unspecified atom stereocenters. The molecule has 0 spiro atoms. The molecule has 1 aromatic heterocycles. The van der Waals surface area contributed by atoms with Crippen molar-refractivity contribution in [2.24, 2.45) is 10.9 Å². The van der Waals surface area contributed by atoms with Crippen molar-refractivity contribution in [3.63, 3.8) is 0 Å². The molecule has 1 aromatic carbocycles. The lowest BCUT2D eigenvalue weighted by molar-refractivity contribution is -0.122. The van der Waals surface area contributed by atoms with E-state index in [-0.39, 0.29) is 5.91 Å². The smallest absolute Gasteiger partial charge is 0.220 e. The van der Waals surface area contributed by atoms with Crippen molar-refractivity contribution in [3.05, 3.63) is 30.1 Å². The first-order chi connectivity index (χ1) is 14.7. The summed E-state index contributed by atoms with van der Waals surface area (Å²) < 4.78 is 2.26. The summed E-state index contributed by atoms with van der Waals surface area (Å²) in [7, 11) is 1.77. The Labute approximate surface area is 179 Å². The van der Waals surface area contributed by atoms with E-state index in [4.69, 9.17) is 0 Å². The zero-order valence-electron chi connectivity index (χ0n) is 18.4. The van der Waals surface area contributed by atoms with Crippen molar-refractivity contribution < 1.29 is 4.79 Å². The molecule has 0 bridgehead atoms. The van der Waals surface area contributed by atoms with Crippen LogP contribution in [0.25, 0.3) is 11.0 Å². The predicted molar refractivity (Wildman–Crippen MR) is 123 cm³/mol. The number of carbonyl (C=O) groups excluding carboxylic acids is 1. The second kappa shape index (κ2) is 11.6. The summed E-state index contributed by atoms with van der Waals surface area (Å²) in [6.07, 6.45) is 7.94. The van der Waals surface area contributed by atoms with Crippen LogP contribution in [0.15, 0.2) is 29.3 Å². The van der Waals surface area contributed by atoms with Gasteiger partial charge < -0.3 is 20.5 Å². The Balaban J connectivity index is 1.30. The normalized spacial score (nSPS) is 15.3. The van der Waals surface area contributed by atoms with Crippen LogP contribution in [0.2, 0.25) is 0 Å². The zero-order valence-corrected chi connectivity index (χ0v) is 18.4. The van der Waals surface area contributed by atoms with Crippen molar-refractivity contribution >= 4 is 22.9 Å². The van der Waals surface area contributed by atoms with Crippen LogP contribution in [0.1, 0.15) is 50.8 Å². The topological polar surface area (TPSA) is 83.3 Å². The van der Waals surface area contributed by atoms with E-state index >= 15 is 0 Å². The first-order valence-corrected chi connectivity index (χ1v) is 11.3. The Hall–Kier alpha value is -2.57. The van der Waals surface area contributed by atoms with E-state index in [0.717, 1.165) is 36.8 Å². The number of hydrogen-bond acceptors (Lipinski definition) is 3. The molecule has 1 fully saturated rings. The Morgan fingerprint density at radius 2 is 1.83 bits per heavy atom. The van der Waals surface area contributed by atoms with Gasteiger partial charge in [-0.2, -0.15) is 0 Å². The van der Waals surface area contributed by atoms with E-state index in [1.165, 1.54) is 37.6 Å². The average molecular weight is 413 g/mol. The number of aliphatic imine (C=N–C) groups is 1. The summed E-state index contributed by atoms with van der Waals surface area (Å²) >= 11 is 0. The molecule has 1 amide bonds. The summed E-state index contributed by atoms with van der Waals surface area (Å²) in [5.74, 6) is 2.57. The van der Waals surface area contributed by atoms with Gasteiger partial charge in [-0.25, -0.2) is 4.98 Å². The summed E-state index contributed by atoms with van der Waals surface area (Å²) in [5, 5.41) is 9.64. The summed E-state index contributed by atoms with van der Waals surface area (Å²) in [6, 6.07) is 8.25. The van der Waals surface area contributed by atoms with Gasteiger partial charge in [0.2, 0.25) is 5.91 Å². The standard InChI is InChI=1S/C23H36N6O/c1-18-28-20-11-6-7-12-21(20)29(18)16-8-13-26-23(24-2)27-15-14-25-22(30)17-19-9-4-3-5-10-19/h6-7,11-12,19H,3-5,8-10,13-17H2,1-2H3,(H,25,30)(H2,24,26,27). The van der Waals surface area contributed by atoms with Gasteiger partial charge in [0.05, 0.1) is 11.0 Å². The molecule has 3 N–H and O–H groups in total. The number of amides is 1. The molecule has 1 aliphatic carbocycles. The van der Waals surface area contributed by atoms with Crippen LogP contribution in [-0.4, -0.2) is 48.1 Å². The summed E-state index contributed by atoms with van der Waals surface area (Å²) in [5.41, 5.74) is 2.23. The number of imidazole rings is 1. The number of para-hydroxylation sites is 2. The maximum Gasteiger partial charge on any atom is 0.220 e. The Morgan fingerprint density at radius 1 is 1.10 bits per heavy atom. The number of carbonyl (C=O) groups is 1. The molecule has 0 atom stereocenters. The molecule has 2 aromatic rings. The second-order valence-corrected chi connectivity index (χ2v) is 8.14. The van der Waals surface area contributed by atoms with E-state index in [2.05, 4.69) is 55.6 Å². The number of aromatic nitrogens is 2. The lowest BCUT2D eigenvalue weighted by Crippen LogP contribution is -2.42. The summed E-state index contributed by atoms with van der Waals surface area (Å²) in [4.78, 5) is 21.0. The fourth-order valence-corrected chi connectivity index (χ4v) is 4.25. The highest BCUT2D eigenvalue weighted by Crippen LogP contribution is 2.25. The van der Waals surface area contributed by atoms with Gasteiger partial charge in [0.1, 0.15) is 5.82 Å². The molecule has 7 heteroatoms. The third-order valence-corrected chi connectivity index (χ3v) is 5.86. The van der Waals surface area contributed by atoms with Gasteiger partial charge in [0, 0.05) is 39.6 Å². The van der Waals surface area contributed by atoms with E-state index in [9.17, 15) is 4.79 Å². The Bertz CT molecular complexity index is 837. The molecule has 0 aliphatic heterocycles. The van der Waals surface area contributed by atoms with Gasteiger partial charge in [-0.05, 0) is 44.2 Å². The number of guanidine groups is 1. The van der Waals surface area contributed by atoms with E-state index in [0.29, 0.717) is 25.4 Å². The molecule has 1 aliphatic rings. The van der Waals surface area contributed by atoms with Crippen LogP contribution in [0.3, 0.4) is 0 Å². The molecule has 7 nitrogen and oxygen atoms in total. The number of aryl methyl sites for hydroxylation is 2. The fraction of sp³-hybridized carbons (Fsp3) is 0.609. The second-order valence-electron chi connectivity index (χ2n) is 8.14. The lowest BCUT2D eigenvalue weighted by atomic mass is 9.87. The van der Waals surface area contributed by atoms with Crippen molar-refractivity contribution in [1.29, 1.82) is 0 Å². The Kier molecular flexibility index (Phi) is 8.53.